The zero-order valence-corrected chi connectivity index (χ0v) is 18.7. The molecule has 2 aliphatic rings. The number of hydrogen-bond donors (Lipinski definition) is 2. The van der Waals surface area contributed by atoms with E-state index in [9.17, 15) is 14.4 Å². The third-order valence-corrected chi connectivity index (χ3v) is 6.26. The van der Waals surface area contributed by atoms with E-state index in [1.54, 1.807) is 13.8 Å². The van der Waals surface area contributed by atoms with Gasteiger partial charge in [-0.2, -0.15) is 0 Å². The summed E-state index contributed by atoms with van der Waals surface area (Å²) in [6.45, 7) is 3.57. The number of aliphatic carboxylic acids is 1. The Labute approximate surface area is 192 Å². The normalized spacial score (nSPS) is 19.1. The van der Waals surface area contributed by atoms with E-state index in [2.05, 4.69) is 17.4 Å². The van der Waals surface area contributed by atoms with Gasteiger partial charge in [-0.15, -0.1) is 0 Å². The molecular formula is C25H28N2O6. The first kappa shape index (κ1) is 22.8. The topological polar surface area (TPSA) is 105 Å². The van der Waals surface area contributed by atoms with Gasteiger partial charge in [-0.25, -0.2) is 4.79 Å². The number of carbonyl (C=O) groups is 3. The second-order valence-corrected chi connectivity index (χ2v) is 8.67. The van der Waals surface area contributed by atoms with Crippen molar-refractivity contribution in [2.45, 2.75) is 31.8 Å². The molecule has 1 saturated heterocycles. The number of nitrogens with one attached hydrogen (secondary N) is 1. The van der Waals surface area contributed by atoms with Crippen LogP contribution in [0.1, 0.15) is 30.9 Å². The highest BCUT2D eigenvalue weighted by Crippen LogP contribution is 2.44. The fraction of sp³-hybridized carbons (Fsp3) is 0.400. The number of fused-ring (bicyclic) bond motifs is 3. The minimum absolute atomic E-state index is 0.0626. The van der Waals surface area contributed by atoms with Crippen molar-refractivity contribution in [3.8, 4) is 11.1 Å². The van der Waals surface area contributed by atoms with Crippen LogP contribution in [0, 0.1) is 5.92 Å². The molecule has 174 valence electrons. The maximum atomic E-state index is 12.9. The van der Waals surface area contributed by atoms with Crippen molar-refractivity contribution < 1.29 is 29.0 Å². The van der Waals surface area contributed by atoms with Gasteiger partial charge in [-0.1, -0.05) is 48.5 Å². The van der Waals surface area contributed by atoms with Crippen molar-refractivity contribution in [2.75, 3.05) is 26.4 Å². The molecule has 1 fully saturated rings. The molecule has 2 aromatic rings. The van der Waals surface area contributed by atoms with Crippen LogP contribution in [0.4, 0.5) is 4.79 Å². The molecule has 0 spiro atoms. The van der Waals surface area contributed by atoms with Crippen molar-refractivity contribution >= 4 is 18.0 Å². The molecule has 0 saturated carbocycles. The van der Waals surface area contributed by atoms with Gasteiger partial charge in [0.1, 0.15) is 13.2 Å². The Bertz CT molecular complexity index is 1010. The van der Waals surface area contributed by atoms with E-state index in [1.165, 1.54) is 4.90 Å². The number of nitrogens with zero attached hydrogens (tertiary/aromatic N) is 1. The highest BCUT2D eigenvalue weighted by molar-refractivity contribution is 5.85. The fourth-order valence-electron chi connectivity index (χ4n) is 4.61. The number of rotatable bonds is 7. The molecule has 1 aliphatic carbocycles. The molecule has 2 aromatic carbocycles. The first-order valence-corrected chi connectivity index (χ1v) is 11.1. The van der Waals surface area contributed by atoms with E-state index in [0.717, 1.165) is 22.3 Å². The van der Waals surface area contributed by atoms with Crippen molar-refractivity contribution in [3.05, 3.63) is 59.7 Å². The summed E-state index contributed by atoms with van der Waals surface area (Å²) in [6.07, 6.45) is -0.625. The van der Waals surface area contributed by atoms with E-state index < -0.39 is 30.6 Å². The Hall–Kier alpha value is -3.39. The summed E-state index contributed by atoms with van der Waals surface area (Å²) in [5, 5.41) is 11.9. The van der Waals surface area contributed by atoms with Gasteiger partial charge in [-0.05, 0) is 36.1 Å². The molecule has 2 unspecified atom stereocenters. The number of ether oxygens (including phenoxy) is 2. The number of carbonyl (C=O) groups excluding carboxylic acids is 2. The first-order chi connectivity index (χ1) is 15.9. The highest BCUT2D eigenvalue weighted by atomic mass is 16.5. The predicted octanol–water partition coefficient (Wildman–Crippen LogP) is 2.86. The molecule has 2 amide bonds. The lowest BCUT2D eigenvalue weighted by molar-refractivity contribution is -0.148. The van der Waals surface area contributed by atoms with E-state index in [1.807, 2.05) is 36.4 Å². The monoisotopic (exact) mass is 452 g/mol. The standard InChI is InChI=1S/C25H28N2O6/c1-15(2)27(11-23(28)29)24(30)21-12-32-14-22(21)26-25(31)33-13-20-18-9-5-3-7-16(18)17-8-4-6-10-19(17)20/h3-10,15,20-22H,11-14H2,1-2H3,(H,26,31)(H,28,29). The zero-order valence-electron chi connectivity index (χ0n) is 18.7. The predicted molar refractivity (Wildman–Crippen MR) is 121 cm³/mol. The summed E-state index contributed by atoms with van der Waals surface area (Å²) in [5.74, 6) is -2.16. The summed E-state index contributed by atoms with van der Waals surface area (Å²) >= 11 is 0. The summed E-state index contributed by atoms with van der Waals surface area (Å²) in [5.41, 5.74) is 4.52. The van der Waals surface area contributed by atoms with E-state index >= 15 is 0 Å². The van der Waals surface area contributed by atoms with Gasteiger partial charge in [0.25, 0.3) is 0 Å². The second-order valence-electron chi connectivity index (χ2n) is 8.67. The van der Waals surface area contributed by atoms with Crippen LogP contribution in [0.5, 0.6) is 0 Å². The van der Waals surface area contributed by atoms with Crippen LogP contribution in [0.15, 0.2) is 48.5 Å². The lowest BCUT2D eigenvalue weighted by Crippen LogP contribution is -2.50. The Kier molecular flexibility index (Phi) is 6.65. The SMILES string of the molecule is CC(C)N(CC(=O)O)C(=O)C1COCC1NC(=O)OCC1c2ccccc2-c2ccccc21. The molecular weight excluding hydrogens is 424 g/mol. The van der Waals surface area contributed by atoms with Crippen molar-refractivity contribution in [3.63, 3.8) is 0 Å². The molecule has 0 radical (unpaired) electrons. The number of alkyl carbamates (subject to hydrolysis) is 1. The number of carboxylic acids is 1. The summed E-state index contributed by atoms with van der Waals surface area (Å²) in [4.78, 5) is 38.0. The summed E-state index contributed by atoms with van der Waals surface area (Å²) < 4.78 is 11.0. The van der Waals surface area contributed by atoms with Crippen LogP contribution in [-0.4, -0.2) is 66.4 Å². The van der Waals surface area contributed by atoms with Crippen LogP contribution < -0.4 is 5.32 Å². The molecule has 8 heteroatoms. The van der Waals surface area contributed by atoms with Crippen LogP contribution in [0.25, 0.3) is 11.1 Å². The Balaban J connectivity index is 1.40. The van der Waals surface area contributed by atoms with Gasteiger partial charge in [-0.3, -0.25) is 9.59 Å². The molecule has 0 bridgehead atoms. The molecule has 0 aromatic heterocycles. The minimum atomic E-state index is -1.09. The highest BCUT2D eigenvalue weighted by Gasteiger charge is 2.39. The van der Waals surface area contributed by atoms with Gasteiger partial charge < -0.3 is 24.8 Å². The lowest BCUT2D eigenvalue weighted by Gasteiger charge is -2.29. The number of hydrogen-bond acceptors (Lipinski definition) is 5. The first-order valence-electron chi connectivity index (χ1n) is 11.1. The smallest absolute Gasteiger partial charge is 0.407 e. The average molecular weight is 453 g/mol. The van der Waals surface area contributed by atoms with Gasteiger partial charge in [0.15, 0.2) is 0 Å². The Morgan fingerprint density at radius 3 is 2.24 bits per heavy atom. The average Bonchev–Trinajstić information content (AvgIpc) is 3.38. The maximum absolute atomic E-state index is 12.9. The molecule has 2 N–H and O–H groups in total. The van der Waals surface area contributed by atoms with Crippen LogP contribution in [0.2, 0.25) is 0 Å². The maximum Gasteiger partial charge on any atom is 0.407 e. The zero-order chi connectivity index (χ0) is 23.5. The molecule has 2 atom stereocenters. The van der Waals surface area contributed by atoms with Crippen LogP contribution >= 0.6 is 0 Å². The molecule has 1 heterocycles. The van der Waals surface area contributed by atoms with Crippen molar-refractivity contribution in [1.82, 2.24) is 10.2 Å². The quantitative estimate of drug-likeness (QED) is 0.669. The van der Waals surface area contributed by atoms with E-state index in [4.69, 9.17) is 14.6 Å². The van der Waals surface area contributed by atoms with Crippen molar-refractivity contribution in [1.29, 1.82) is 0 Å². The number of carboxylic acid groups (broad SMARTS) is 1. The van der Waals surface area contributed by atoms with Crippen LogP contribution in [-0.2, 0) is 19.1 Å². The summed E-state index contributed by atoms with van der Waals surface area (Å²) in [6, 6.07) is 15.3. The van der Waals surface area contributed by atoms with Gasteiger partial charge in [0.05, 0.1) is 25.2 Å². The summed E-state index contributed by atoms with van der Waals surface area (Å²) in [7, 11) is 0. The molecule has 8 nitrogen and oxygen atoms in total. The van der Waals surface area contributed by atoms with Gasteiger partial charge >= 0.3 is 12.1 Å². The third kappa shape index (κ3) is 4.71. The lowest BCUT2D eigenvalue weighted by atomic mass is 9.98. The minimum Gasteiger partial charge on any atom is -0.480 e. The van der Waals surface area contributed by atoms with Gasteiger partial charge in [0, 0.05) is 12.0 Å². The molecule has 4 rings (SSSR count). The largest absolute Gasteiger partial charge is 0.480 e. The second kappa shape index (κ2) is 9.62. The molecule has 1 aliphatic heterocycles. The molecule has 33 heavy (non-hydrogen) atoms. The number of benzene rings is 2. The Morgan fingerprint density at radius 1 is 1.06 bits per heavy atom. The fourth-order valence-corrected chi connectivity index (χ4v) is 4.61. The number of amides is 2. The van der Waals surface area contributed by atoms with Gasteiger partial charge in [0.2, 0.25) is 5.91 Å². The van der Waals surface area contributed by atoms with Crippen molar-refractivity contribution in [2.24, 2.45) is 5.92 Å². The third-order valence-electron chi connectivity index (χ3n) is 6.26. The van der Waals surface area contributed by atoms with E-state index in [0.29, 0.717) is 0 Å². The van der Waals surface area contributed by atoms with Crippen LogP contribution in [0.3, 0.4) is 0 Å². The Morgan fingerprint density at radius 2 is 1.67 bits per heavy atom. The van der Waals surface area contributed by atoms with E-state index in [-0.39, 0.29) is 37.7 Å².